The molecule has 2 rings (SSSR count). The number of hydrogen-bond donors (Lipinski definition) is 2. The highest BCUT2D eigenvalue weighted by Gasteiger charge is 2.18. The van der Waals surface area contributed by atoms with Gasteiger partial charge in [-0.2, -0.15) is 0 Å². The molecular weight excluding hydrogens is 503 g/mol. The summed E-state index contributed by atoms with van der Waals surface area (Å²) in [4.78, 5) is 7.41. The average Bonchev–Trinajstić information content (AvgIpc) is 2.75. The minimum atomic E-state index is 0. The first-order valence-electron chi connectivity index (χ1n) is 11.6. The summed E-state index contributed by atoms with van der Waals surface area (Å²) in [6.07, 6.45) is 4.67. The molecule has 0 saturated carbocycles. The molecule has 0 bridgehead atoms. The van der Waals surface area contributed by atoms with Crippen molar-refractivity contribution in [3.8, 4) is 5.75 Å². The molecule has 31 heavy (non-hydrogen) atoms. The molecule has 178 valence electrons. The molecule has 0 aliphatic carbocycles. The highest BCUT2D eigenvalue weighted by Crippen LogP contribution is 2.22. The van der Waals surface area contributed by atoms with Crippen LogP contribution in [0.2, 0.25) is 0 Å². The first-order chi connectivity index (χ1) is 14.7. The van der Waals surface area contributed by atoms with Crippen molar-refractivity contribution in [3.63, 3.8) is 0 Å². The van der Waals surface area contributed by atoms with E-state index >= 15 is 0 Å². The Morgan fingerprint density at radius 3 is 2.61 bits per heavy atom. The van der Waals surface area contributed by atoms with Crippen LogP contribution in [0.4, 0.5) is 0 Å². The van der Waals surface area contributed by atoms with Crippen LogP contribution in [0.5, 0.6) is 5.75 Å². The molecule has 1 saturated heterocycles. The van der Waals surface area contributed by atoms with Crippen molar-refractivity contribution in [3.05, 3.63) is 29.3 Å². The van der Waals surface area contributed by atoms with Crippen LogP contribution in [-0.4, -0.2) is 63.9 Å². The molecule has 1 aliphatic heterocycles. The summed E-state index contributed by atoms with van der Waals surface area (Å²) in [5.74, 6) is 2.54. The van der Waals surface area contributed by atoms with Crippen LogP contribution in [0.1, 0.15) is 50.7 Å². The fraction of sp³-hybridized carbons (Fsp3) is 0.708. The van der Waals surface area contributed by atoms with Gasteiger partial charge in [-0.15, -0.1) is 24.0 Å². The molecule has 0 unspecified atom stereocenters. The number of rotatable bonds is 12. The van der Waals surface area contributed by atoms with E-state index in [0.29, 0.717) is 19.8 Å². The molecule has 1 aliphatic rings. The molecule has 0 spiro atoms. The third-order valence-corrected chi connectivity index (χ3v) is 5.53. The van der Waals surface area contributed by atoms with Gasteiger partial charge in [0.1, 0.15) is 5.75 Å². The molecule has 6 nitrogen and oxygen atoms in total. The van der Waals surface area contributed by atoms with Crippen molar-refractivity contribution >= 4 is 29.9 Å². The Morgan fingerprint density at radius 1 is 1.16 bits per heavy atom. The minimum absolute atomic E-state index is 0. The first kappa shape index (κ1) is 28.0. The molecule has 1 fully saturated rings. The van der Waals surface area contributed by atoms with Crippen molar-refractivity contribution < 1.29 is 9.47 Å². The molecule has 0 atom stereocenters. The van der Waals surface area contributed by atoms with E-state index in [1.54, 1.807) is 7.11 Å². The summed E-state index contributed by atoms with van der Waals surface area (Å²) in [7, 11) is 1.72. The van der Waals surface area contributed by atoms with Crippen LogP contribution >= 0.6 is 24.0 Å². The number of halogens is 1. The predicted octanol–water partition coefficient (Wildman–Crippen LogP) is 4.21. The van der Waals surface area contributed by atoms with Crippen molar-refractivity contribution in [1.82, 2.24) is 15.5 Å². The normalized spacial score (nSPS) is 15.4. The van der Waals surface area contributed by atoms with Gasteiger partial charge in [0.2, 0.25) is 0 Å². The largest absolute Gasteiger partial charge is 0.493 e. The summed E-state index contributed by atoms with van der Waals surface area (Å²) in [6, 6.07) is 6.34. The van der Waals surface area contributed by atoms with Crippen LogP contribution in [0, 0.1) is 12.8 Å². The number of ether oxygens (including phenoxy) is 2. The van der Waals surface area contributed by atoms with Crippen LogP contribution < -0.4 is 15.4 Å². The lowest BCUT2D eigenvalue weighted by atomic mass is 9.97. The zero-order chi connectivity index (χ0) is 21.6. The van der Waals surface area contributed by atoms with Gasteiger partial charge in [-0.1, -0.05) is 19.1 Å². The Hall–Kier alpha value is -1.06. The Labute approximate surface area is 206 Å². The monoisotopic (exact) mass is 546 g/mol. The summed E-state index contributed by atoms with van der Waals surface area (Å²) in [5.41, 5.74) is 2.31. The average molecular weight is 547 g/mol. The third-order valence-electron chi connectivity index (χ3n) is 5.53. The number of nitrogens with zero attached hydrogens (tertiary/aromatic N) is 2. The van der Waals surface area contributed by atoms with Gasteiger partial charge in [0.15, 0.2) is 5.96 Å². The number of piperidine rings is 1. The zero-order valence-corrected chi connectivity index (χ0v) is 22.2. The van der Waals surface area contributed by atoms with Gasteiger partial charge < -0.3 is 25.0 Å². The molecule has 0 amide bonds. The molecule has 0 aromatic heterocycles. The summed E-state index contributed by atoms with van der Waals surface area (Å²) >= 11 is 0. The van der Waals surface area contributed by atoms with E-state index in [0.717, 1.165) is 42.7 Å². The maximum atomic E-state index is 6.00. The zero-order valence-electron chi connectivity index (χ0n) is 19.9. The summed E-state index contributed by atoms with van der Waals surface area (Å²) in [5, 5.41) is 6.94. The van der Waals surface area contributed by atoms with Gasteiger partial charge in [-0.25, -0.2) is 4.99 Å². The van der Waals surface area contributed by atoms with E-state index in [-0.39, 0.29) is 24.0 Å². The smallest absolute Gasteiger partial charge is 0.191 e. The van der Waals surface area contributed by atoms with Gasteiger partial charge in [-0.3, -0.25) is 0 Å². The molecule has 1 heterocycles. The highest BCUT2D eigenvalue weighted by molar-refractivity contribution is 14.0. The highest BCUT2D eigenvalue weighted by atomic mass is 127. The van der Waals surface area contributed by atoms with Gasteiger partial charge in [-0.05, 0) is 70.3 Å². The van der Waals surface area contributed by atoms with E-state index in [9.17, 15) is 0 Å². The SMILES string of the molecule is CCCN1CCC(CNC(=NCc2ccc(C)cc2OCCCOC)NCC)CC1.I. The lowest BCUT2D eigenvalue weighted by Crippen LogP contribution is -2.43. The lowest BCUT2D eigenvalue weighted by Gasteiger charge is -2.32. The maximum Gasteiger partial charge on any atom is 0.191 e. The fourth-order valence-electron chi connectivity index (χ4n) is 3.79. The van der Waals surface area contributed by atoms with Crippen molar-refractivity contribution in [2.24, 2.45) is 10.9 Å². The fourth-order valence-corrected chi connectivity index (χ4v) is 3.79. The van der Waals surface area contributed by atoms with Gasteiger partial charge >= 0.3 is 0 Å². The number of aliphatic imine (C=N–C) groups is 1. The lowest BCUT2D eigenvalue weighted by molar-refractivity contribution is 0.172. The number of nitrogens with one attached hydrogen (secondary N) is 2. The quantitative estimate of drug-likeness (QED) is 0.178. The summed E-state index contributed by atoms with van der Waals surface area (Å²) < 4.78 is 11.1. The predicted molar refractivity (Wildman–Crippen MR) is 141 cm³/mol. The molecule has 2 N–H and O–H groups in total. The van der Waals surface area contributed by atoms with Crippen LogP contribution in [0.3, 0.4) is 0 Å². The number of likely N-dealkylation sites (tertiary alicyclic amines) is 1. The third kappa shape index (κ3) is 10.9. The summed E-state index contributed by atoms with van der Waals surface area (Å²) in [6.45, 7) is 14.0. The number of methoxy groups -OCH3 is 1. The van der Waals surface area contributed by atoms with Gasteiger partial charge in [0.25, 0.3) is 0 Å². The first-order valence-corrected chi connectivity index (χ1v) is 11.6. The molecule has 1 aromatic rings. The van der Waals surface area contributed by atoms with E-state index in [4.69, 9.17) is 14.5 Å². The number of aryl methyl sites for hydroxylation is 1. The number of guanidine groups is 1. The van der Waals surface area contributed by atoms with Crippen molar-refractivity contribution in [2.75, 3.05) is 53.0 Å². The van der Waals surface area contributed by atoms with E-state index in [2.05, 4.69) is 54.5 Å². The molecule has 7 heteroatoms. The second kappa shape index (κ2) is 16.6. The van der Waals surface area contributed by atoms with Crippen molar-refractivity contribution in [1.29, 1.82) is 0 Å². The van der Waals surface area contributed by atoms with Crippen LogP contribution in [0.25, 0.3) is 0 Å². The molecule has 0 radical (unpaired) electrons. The van der Waals surface area contributed by atoms with Crippen LogP contribution in [0.15, 0.2) is 23.2 Å². The van der Waals surface area contributed by atoms with Crippen LogP contribution in [-0.2, 0) is 11.3 Å². The molecule has 1 aromatic carbocycles. The Kier molecular flexibility index (Phi) is 14.9. The minimum Gasteiger partial charge on any atom is -0.493 e. The van der Waals surface area contributed by atoms with Gasteiger partial charge in [0.05, 0.1) is 13.2 Å². The number of hydrogen-bond acceptors (Lipinski definition) is 4. The number of benzene rings is 1. The topological polar surface area (TPSA) is 58.1 Å². The van der Waals surface area contributed by atoms with Gasteiger partial charge in [0, 0.05) is 38.8 Å². The van der Waals surface area contributed by atoms with E-state index in [1.807, 2.05) is 0 Å². The second-order valence-electron chi connectivity index (χ2n) is 8.17. The Balaban J connectivity index is 0.00000480. The Morgan fingerprint density at radius 2 is 1.94 bits per heavy atom. The standard InChI is InChI=1S/C24H42N4O2.HI/c1-5-12-28-13-10-21(11-14-28)18-26-24(25-6-2)27-19-22-9-8-20(3)17-23(22)30-16-7-15-29-4;/h8-9,17,21H,5-7,10-16,18-19H2,1-4H3,(H2,25,26,27);1H. The maximum absolute atomic E-state index is 6.00. The van der Waals surface area contributed by atoms with E-state index < -0.39 is 0 Å². The van der Waals surface area contributed by atoms with E-state index in [1.165, 1.54) is 44.5 Å². The Bertz CT molecular complexity index is 634. The second-order valence-corrected chi connectivity index (χ2v) is 8.17. The molecular formula is C24H43IN4O2. The van der Waals surface area contributed by atoms with Crippen molar-refractivity contribution in [2.45, 2.75) is 53.0 Å².